The quantitative estimate of drug-likeness (QED) is 0.647. The van der Waals surface area contributed by atoms with Crippen LogP contribution >= 0.6 is 0 Å². The topological polar surface area (TPSA) is 61.8 Å². The molecule has 2 atom stereocenters. The molecule has 21 heavy (non-hydrogen) atoms. The summed E-state index contributed by atoms with van der Waals surface area (Å²) in [5.74, 6) is 0.969. The molecule has 1 saturated carbocycles. The van der Waals surface area contributed by atoms with Gasteiger partial charge in [0.25, 0.3) is 0 Å². The third-order valence-electron chi connectivity index (χ3n) is 5.02. The van der Waals surface area contributed by atoms with Gasteiger partial charge in [-0.3, -0.25) is 0 Å². The van der Waals surface area contributed by atoms with Crippen LogP contribution in [0, 0.1) is 5.92 Å². The summed E-state index contributed by atoms with van der Waals surface area (Å²) in [6.45, 7) is 2.29. The van der Waals surface area contributed by atoms with Crippen LogP contribution in [0.3, 0.4) is 0 Å². The van der Waals surface area contributed by atoms with Crippen LogP contribution in [0.15, 0.2) is 35.3 Å². The third-order valence-corrected chi connectivity index (χ3v) is 5.02. The maximum atomic E-state index is 10.7. The number of piperidine rings is 1. The van der Waals surface area contributed by atoms with E-state index in [2.05, 4.69) is 22.0 Å². The molecule has 0 spiro atoms. The lowest BCUT2D eigenvalue weighted by Crippen LogP contribution is -2.56. The second-order valence-corrected chi connectivity index (χ2v) is 6.40. The molecule has 4 heteroatoms. The molecule has 114 valence electrons. The van der Waals surface area contributed by atoms with E-state index in [1.54, 1.807) is 0 Å². The molecule has 1 aromatic carbocycles. The van der Waals surface area contributed by atoms with Crippen LogP contribution in [0.25, 0.3) is 0 Å². The Morgan fingerprint density at radius 3 is 2.90 bits per heavy atom. The highest BCUT2D eigenvalue weighted by Crippen LogP contribution is 2.39. The molecule has 1 saturated heterocycles. The molecule has 3 N–H and O–H groups in total. The summed E-state index contributed by atoms with van der Waals surface area (Å²) >= 11 is 0. The van der Waals surface area contributed by atoms with E-state index >= 15 is 0 Å². The Labute approximate surface area is 126 Å². The van der Waals surface area contributed by atoms with Gasteiger partial charge >= 0.3 is 0 Å². The van der Waals surface area contributed by atoms with Crippen molar-refractivity contribution in [3.05, 3.63) is 35.9 Å². The van der Waals surface area contributed by atoms with E-state index in [0.717, 1.165) is 38.8 Å². The molecule has 0 amide bonds. The van der Waals surface area contributed by atoms with Gasteiger partial charge in [0.1, 0.15) is 0 Å². The van der Waals surface area contributed by atoms with Crippen LogP contribution in [-0.4, -0.2) is 34.7 Å². The molecule has 0 bridgehead atoms. The van der Waals surface area contributed by atoms with Crippen LogP contribution in [-0.2, 0) is 6.54 Å². The fraction of sp³-hybridized carbons (Fsp3) is 0.588. The summed E-state index contributed by atoms with van der Waals surface area (Å²) in [6.07, 6.45) is 5.26. The Kier molecular flexibility index (Phi) is 4.15. The highest BCUT2D eigenvalue weighted by atomic mass is 16.3. The van der Waals surface area contributed by atoms with E-state index in [-0.39, 0.29) is 0 Å². The normalized spacial score (nSPS) is 30.0. The molecule has 1 heterocycles. The predicted molar refractivity (Wildman–Crippen MR) is 84.9 cm³/mol. The minimum atomic E-state index is -0.450. The lowest BCUT2D eigenvalue weighted by molar-refractivity contribution is -0.0841. The van der Waals surface area contributed by atoms with Crippen molar-refractivity contribution in [2.45, 2.75) is 44.2 Å². The molecule has 2 fully saturated rings. The van der Waals surface area contributed by atoms with Gasteiger partial charge in [-0.15, -0.1) is 0 Å². The monoisotopic (exact) mass is 287 g/mol. The number of hydrogen-bond donors (Lipinski definition) is 2. The Hall–Kier alpha value is -1.55. The summed E-state index contributed by atoms with van der Waals surface area (Å²) in [7, 11) is 0. The van der Waals surface area contributed by atoms with Crippen molar-refractivity contribution in [2.24, 2.45) is 16.6 Å². The average molecular weight is 287 g/mol. The van der Waals surface area contributed by atoms with Gasteiger partial charge in [0.15, 0.2) is 5.96 Å². The van der Waals surface area contributed by atoms with Crippen molar-refractivity contribution < 1.29 is 5.11 Å². The van der Waals surface area contributed by atoms with Gasteiger partial charge in [0.2, 0.25) is 0 Å². The lowest BCUT2D eigenvalue weighted by Gasteiger charge is -2.47. The minimum Gasteiger partial charge on any atom is -0.389 e. The number of fused-ring (bicyclic) bond motifs is 1. The van der Waals surface area contributed by atoms with E-state index in [4.69, 9.17) is 5.73 Å². The highest BCUT2D eigenvalue weighted by molar-refractivity contribution is 5.78. The summed E-state index contributed by atoms with van der Waals surface area (Å²) in [4.78, 5) is 6.66. The molecule has 1 aliphatic carbocycles. The first-order chi connectivity index (χ1) is 10.2. The molecule has 4 nitrogen and oxygen atoms in total. The molecule has 1 aliphatic heterocycles. The first kappa shape index (κ1) is 14.4. The zero-order valence-corrected chi connectivity index (χ0v) is 12.5. The zero-order chi connectivity index (χ0) is 14.7. The molecule has 2 aliphatic rings. The molecule has 0 aromatic heterocycles. The maximum Gasteiger partial charge on any atom is 0.191 e. The fourth-order valence-corrected chi connectivity index (χ4v) is 3.63. The van der Waals surface area contributed by atoms with Crippen LogP contribution in [0.4, 0.5) is 0 Å². The Morgan fingerprint density at radius 1 is 1.29 bits per heavy atom. The number of nitrogens with zero attached hydrogens (tertiary/aromatic N) is 2. The van der Waals surface area contributed by atoms with Gasteiger partial charge < -0.3 is 15.7 Å². The van der Waals surface area contributed by atoms with Crippen molar-refractivity contribution in [3.63, 3.8) is 0 Å². The lowest BCUT2D eigenvalue weighted by atomic mass is 9.71. The molecule has 1 aromatic rings. The third kappa shape index (κ3) is 3.21. The number of hydrogen-bond acceptors (Lipinski definition) is 2. The first-order valence-electron chi connectivity index (χ1n) is 7.98. The fourth-order valence-electron chi connectivity index (χ4n) is 3.63. The van der Waals surface area contributed by atoms with Crippen molar-refractivity contribution in [1.82, 2.24) is 4.90 Å². The Balaban J connectivity index is 1.62. The van der Waals surface area contributed by atoms with Gasteiger partial charge in [-0.05, 0) is 24.8 Å². The Bertz CT molecular complexity index is 502. The van der Waals surface area contributed by atoms with Crippen molar-refractivity contribution in [1.29, 1.82) is 0 Å². The van der Waals surface area contributed by atoms with Gasteiger partial charge in [-0.1, -0.05) is 43.2 Å². The van der Waals surface area contributed by atoms with Crippen LogP contribution in [0.2, 0.25) is 0 Å². The predicted octanol–water partition coefficient (Wildman–Crippen LogP) is 2.13. The number of benzene rings is 1. The number of rotatable bonds is 2. The van der Waals surface area contributed by atoms with E-state index in [0.29, 0.717) is 18.4 Å². The molecular weight excluding hydrogens is 262 g/mol. The minimum absolute atomic E-state index is 0.352. The van der Waals surface area contributed by atoms with E-state index in [1.807, 2.05) is 18.2 Å². The molecule has 2 unspecified atom stereocenters. The second-order valence-electron chi connectivity index (χ2n) is 6.40. The number of nitrogens with two attached hydrogens (primary N) is 1. The van der Waals surface area contributed by atoms with Crippen LogP contribution in [0.5, 0.6) is 0 Å². The summed E-state index contributed by atoms with van der Waals surface area (Å²) in [5, 5.41) is 10.7. The highest BCUT2D eigenvalue weighted by Gasteiger charge is 2.43. The van der Waals surface area contributed by atoms with Gasteiger partial charge in [-0.25, -0.2) is 4.99 Å². The SMILES string of the molecule is NC(=NCc1ccccc1)N1CCC2(O)CCCCC2C1. The summed E-state index contributed by atoms with van der Waals surface area (Å²) in [6, 6.07) is 10.2. The molecule has 0 radical (unpaired) electrons. The average Bonchev–Trinajstić information content (AvgIpc) is 2.52. The zero-order valence-electron chi connectivity index (χ0n) is 12.5. The van der Waals surface area contributed by atoms with E-state index in [9.17, 15) is 5.11 Å². The summed E-state index contributed by atoms with van der Waals surface area (Å²) in [5.41, 5.74) is 6.88. The molecule has 3 rings (SSSR count). The second kappa shape index (κ2) is 6.06. The standard InChI is InChI=1S/C17H25N3O/c18-16(19-12-14-6-2-1-3-7-14)20-11-10-17(21)9-5-4-8-15(17)13-20/h1-3,6-7,15,21H,4-5,8-13H2,(H2,18,19). The van der Waals surface area contributed by atoms with Crippen LogP contribution in [0.1, 0.15) is 37.7 Å². The van der Waals surface area contributed by atoms with Gasteiger partial charge in [0.05, 0.1) is 12.1 Å². The van der Waals surface area contributed by atoms with Gasteiger partial charge in [-0.2, -0.15) is 0 Å². The van der Waals surface area contributed by atoms with Crippen molar-refractivity contribution in [2.75, 3.05) is 13.1 Å². The number of aliphatic imine (C=N–C) groups is 1. The first-order valence-corrected chi connectivity index (χ1v) is 7.98. The van der Waals surface area contributed by atoms with E-state index < -0.39 is 5.60 Å². The van der Waals surface area contributed by atoms with Crippen LogP contribution < -0.4 is 5.73 Å². The smallest absolute Gasteiger partial charge is 0.191 e. The number of aliphatic hydroxyl groups is 1. The van der Waals surface area contributed by atoms with Crippen molar-refractivity contribution >= 4 is 5.96 Å². The summed E-state index contributed by atoms with van der Waals surface area (Å²) < 4.78 is 0. The molecular formula is C17H25N3O. The largest absolute Gasteiger partial charge is 0.389 e. The van der Waals surface area contributed by atoms with Crippen molar-refractivity contribution in [3.8, 4) is 0 Å². The van der Waals surface area contributed by atoms with Gasteiger partial charge in [0, 0.05) is 19.0 Å². The maximum absolute atomic E-state index is 10.7. The number of likely N-dealkylation sites (tertiary alicyclic amines) is 1. The van der Waals surface area contributed by atoms with E-state index in [1.165, 1.54) is 12.0 Å². The number of guanidine groups is 1. The Morgan fingerprint density at radius 2 is 2.10 bits per heavy atom.